The summed E-state index contributed by atoms with van der Waals surface area (Å²) < 4.78 is 1.89. The van der Waals surface area contributed by atoms with E-state index in [1.165, 1.54) is 0 Å². The van der Waals surface area contributed by atoms with Gasteiger partial charge in [-0.15, -0.1) is 0 Å². The van der Waals surface area contributed by atoms with Gasteiger partial charge in [0.05, 0.1) is 6.33 Å². The molecule has 0 saturated heterocycles. The Hall–Kier alpha value is -1.65. The van der Waals surface area contributed by atoms with Crippen LogP contribution in [-0.4, -0.2) is 19.5 Å². The molecule has 0 fully saturated rings. The van der Waals surface area contributed by atoms with Gasteiger partial charge < -0.3 is 9.55 Å². The molecule has 0 spiro atoms. The van der Waals surface area contributed by atoms with Crippen molar-refractivity contribution in [1.29, 1.82) is 0 Å². The second kappa shape index (κ2) is 4.92. The van der Waals surface area contributed by atoms with Gasteiger partial charge in [0.25, 0.3) is 5.56 Å². The van der Waals surface area contributed by atoms with Crippen LogP contribution in [0.3, 0.4) is 0 Å². The number of nitrogens with one attached hydrogen (secondary N) is 1. The van der Waals surface area contributed by atoms with E-state index in [2.05, 4.69) is 15.0 Å². The molecule has 1 N–H and O–H groups in total. The summed E-state index contributed by atoms with van der Waals surface area (Å²) in [6.45, 7) is 9.82. The zero-order valence-electron chi connectivity index (χ0n) is 10.4. The van der Waals surface area contributed by atoms with Crippen LogP contribution < -0.4 is 5.56 Å². The molecule has 0 aliphatic carbocycles. The van der Waals surface area contributed by atoms with Gasteiger partial charge in [0.2, 0.25) is 0 Å². The summed E-state index contributed by atoms with van der Waals surface area (Å²) in [5, 5.41) is 0. The molecule has 0 aromatic carbocycles. The molecule has 2 aromatic heterocycles. The fourth-order valence-corrected chi connectivity index (χ4v) is 1.41. The van der Waals surface area contributed by atoms with Crippen LogP contribution in [0.1, 0.15) is 39.6 Å². The van der Waals surface area contributed by atoms with Crippen LogP contribution >= 0.6 is 0 Å². The van der Waals surface area contributed by atoms with Crippen molar-refractivity contribution in [2.24, 2.45) is 0 Å². The molecule has 88 valence electrons. The quantitative estimate of drug-likeness (QED) is 0.803. The highest BCUT2D eigenvalue weighted by molar-refractivity contribution is 5.69. The number of fused-ring (bicyclic) bond motifs is 1. The second-order valence-corrected chi connectivity index (χ2v) is 3.57. The summed E-state index contributed by atoms with van der Waals surface area (Å²) in [7, 11) is 0. The van der Waals surface area contributed by atoms with E-state index >= 15 is 0 Å². The van der Waals surface area contributed by atoms with Crippen LogP contribution in [0.5, 0.6) is 0 Å². The Kier molecular flexibility index (Phi) is 3.82. The molecule has 16 heavy (non-hydrogen) atoms. The maximum Gasteiger partial charge on any atom is 0.279 e. The number of aryl methyl sites for hydroxylation is 1. The van der Waals surface area contributed by atoms with Gasteiger partial charge in [-0.1, -0.05) is 13.8 Å². The van der Waals surface area contributed by atoms with Crippen molar-refractivity contribution >= 4 is 11.2 Å². The minimum atomic E-state index is -0.174. The summed E-state index contributed by atoms with van der Waals surface area (Å²) in [6, 6.07) is 0.258. The molecule has 0 atom stereocenters. The molecule has 2 rings (SSSR count). The number of rotatable bonds is 1. The molecule has 2 aromatic rings. The van der Waals surface area contributed by atoms with E-state index in [0.29, 0.717) is 17.0 Å². The van der Waals surface area contributed by atoms with Crippen LogP contribution in [-0.2, 0) is 0 Å². The van der Waals surface area contributed by atoms with E-state index in [0.717, 1.165) is 0 Å². The van der Waals surface area contributed by atoms with Gasteiger partial charge in [0, 0.05) is 6.04 Å². The van der Waals surface area contributed by atoms with Crippen molar-refractivity contribution in [1.82, 2.24) is 19.5 Å². The predicted molar refractivity (Wildman–Crippen MR) is 64.6 cm³/mol. The first-order chi connectivity index (χ1) is 7.59. The maximum absolute atomic E-state index is 11.5. The number of imidazole rings is 1. The third-order valence-electron chi connectivity index (χ3n) is 2.11. The van der Waals surface area contributed by atoms with Crippen molar-refractivity contribution < 1.29 is 0 Å². The third-order valence-corrected chi connectivity index (χ3v) is 2.11. The van der Waals surface area contributed by atoms with Gasteiger partial charge in [-0.05, 0) is 20.8 Å². The average Bonchev–Trinajstić information content (AvgIpc) is 2.64. The fourth-order valence-electron chi connectivity index (χ4n) is 1.41. The number of aromatic amines is 1. The lowest BCUT2D eigenvalue weighted by Crippen LogP contribution is -2.11. The summed E-state index contributed by atoms with van der Waals surface area (Å²) >= 11 is 0. The van der Waals surface area contributed by atoms with Crippen molar-refractivity contribution in [3.8, 4) is 0 Å². The zero-order chi connectivity index (χ0) is 12.3. The molecule has 5 nitrogen and oxygen atoms in total. The Bertz CT molecular complexity index is 524. The monoisotopic (exact) mass is 222 g/mol. The van der Waals surface area contributed by atoms with Gasteiger partial charge in [0.15, 0.2) is 11.2 Å². The number of H-pyrrole nitrogens is 1. The van der Waals surface area contributed by atoms with Crippen LogP contribution in [0, 0.1) is 6.92 Å². The lowest BCUT2D eigenvalue weighted by Gasteiger charge is -2.06. The molecule has 0 aliphatic rings. The minimum Gasteiger partial charge on any atom is -0.313 e. The first-order valence-electron chi connectivity index (χ1n) is 5.53. The van der Waals surface area contributed by atoms with Gasteiger partial charge in [0.1, 0.15) is 5.82 Å². The summed E-state index contributed by atoms with van der Waals surface area (Å²) in [5.41, 5.74) is 0.887. The zero-order valence-corrected chi connectivity index (χ0v) is 10.4. The largest absolute Gasteiger partial charge is 0.313 e. The SMILES string of the molecule is CC.Cc1nc2c(ncn2C(C)C)c(=O)[nH]1. The smallest absolute Gasteiger partial charge is 0.279 e. The van der Waals surface area contributed by atoms with E-state index in [1.54, 1.807) is 13.3 Å². The summed E-state index contributed by atoms with van der Waals surface area (Å²) in [4.78, 5) is 22.4. The number of aromatic nitrogens is 4. The number of nitrogens with zero attached hydrogens (tertiary/aromatic N) is 3. The van der Waals surface area contributed by atoms with Crippen LogP contribution in [0.2, 0.25) is 0 Å². The minimum absolute atomic E-state index is 0.174. The highest BCUT2D eigenvalue weighted by Gasteiger charge is 2.09. The van der Waals surface area contributed by atoms with Crippen molar-refractivity contribution in [3.63, 3.8) is 0 Å². The number of hydrogen-bond donors (Lipinski definition) is 1. The molecule has 0 amide bonds. The van der Waals surface area contributed by atoms with Crippen LogP contribution in [0.25, 0.3) is 11.2 Å². The van der Waals surface area contributed by atoms with Gasteiger partial charge >= 0.3 is 0 Å². The fraction of sp³-hybridized carbons (Fsp3) is 0.545. The van der Waals surface area contributed by atoms with Crippen molar-refractivity contribution in [2.45, 2.75) is 40.7 Å². The van der Waals surface area contributed by atoms with E-state index in [-0.39, 0.29) is 11.6 Å². The Morgan fingerprint density at radius 3 is 2.56 bits per heavy atom. The molecule has 0 unspecified atom stereocenters. The second-order valence-electron chi connectivity index (χ2n) is 3.57. The predicted octanol–water partition coefficient (Wildman–Crippen LogP) is 2.04. The molecule has 5 heteroatoms. The average molecular weight is 222 g/mol. The van der Waals surface area contributed by atoms with E-state index in [4.69, 9.17) is 0 Å². The first-order valence-corrected chi connectivity index (χ1v) is 5.53. The van der Waals surface area contributed by atoms with Gasteiger partial charge in [-0.25, -0.2) is 9.97 Å². The molecule has 0 radical (unpaired) electrons. The Labute approximate surface area is 94.5 Å². The summed E-state index contributed by atoms with van der Waals surface area (Å²) in [6.07, 6.45) is 1.65. The maximum atomic E-state index is 11.5. The van der Waals surface area contributed by atoms with Crippen molar-refractivity contribution in [2.75, 3.05) is 0 Å². The van der Waals surface area contributed by atoms with E-state index in [1.807, 2.05) is 32.3 Å². The van der Waals surface area contributed by atoms with Gasteiger partial charge in [-0.3, -0.25) is 4.79 Å². The molecule has 0 saturated carbocycles. The normalized spacial score (nSPS) is 10.4. The molecular formula is C11H18N4O. The lowest BCUT2D eigenvalue weighted by molar-refractivity contribution is 0.612. The first kappa shape index (κ1) is 12.4. The highest BCUT2D eigenvalue weighted by Crippen LogP contribution is 2.11. The number of hydrogen-bond acceptors (Lipinski definition) is 3. The molecular weight excluding hydrogens is 204 g/mol. The Morgan fingerprint density at radius 2 is 2.00 bits per heavy atom. The standard InChI is InChI=1S/C9H12N4O.C2H6/c1-5(2)13-4-10-7-8(13)11-6(3)12-9(7)14;1-2/h4-5H,1-3H3,(H,11,12,14);1-2H3. The highest BCUT2D eigenvalue weighted by atomic mass is 16.1. The Morgan fingerprint density at radius 1 is 1.38 bits per heavy atom. The van der Waals surface area contributed by atoms with Gasteiger partial charge in [-0.2, -0.15) is 0 Å². The summed E-state index contributed by atoms with van der Waals surface area (Å²) in [5.74, 6) is 0.616. The molecule has 0 bridgehead atoms. The van der Waals surface area contributed by atoms with Crippen molar-refractivity contribution in [3.05, 3.63) is 22.5 Å². The van der Waals surface area contributed by atoms with Crippen LogP contribution in [0.4, 0.5) is 0 Å². The molecule has 2 heterocycles. The molecule has 0 aliphatic heterocycles. The van der Waals surface area contributed by atoms with E-state index in [9.17, 15) is 4.79 Å². The van der Waals surface area contributed by atoms with Crippen LogP contribution in [0.15, 0.2) is 11.1 Å². The lowest BCUT2D eigenvalue weighted by atomic mass is 10.4. The van der Waals surface area contributed by atoms with E-state index < -0.39 is 0 Å². The Balaban J connectivity index is 0.000000606. The topological polar surface area (TPSA) is 63.6 Å². The third kappa shape index (κ3) is 2.13.